The van der Waals surface area contributed by atoms with Crippen LogP contribution in [0.4, 0.5) is 0 Å². The molecule has 0 rings (SSSR count). The minimum atomic E-state index is -0.954. The van der Waals surface area contributed by atoms with Crippen molar-refractivity contribution in [2.24, 2.45) is 0 Å². The van der Waals surface area contributed by atoms with Crippen molar-refractivity contribution in [3.63, 3.8) is 0 Å². The number of rotatable bonds is 2. The molecule has 0 saturated carbocycles. The predicted octanol–water partition coefficient (Wildman–Crippen LogP) is -2.65. The van der Waals surface area contributed by atoms with E-state index in [0.29, 0.717) is 0 Å². The van der Waals surface area contributed by atoms with Gasteiger partial charge in [-0.15, -0.1) is 0 Å². The van der Waals surface area contributed by atoms with Crippen molar-refractivity contribution in [3.05, 3.63) is 0 Å². The van der Waals surface area contributed by atoms with Crippen LogP contribution in [0.3, 0.4) is 0 Å². The van der Waals surface area contributed by atoms with Crippen LogP contribution in [0.15, 0.2) is 0 Å². The summed E-state index contributed by atoms with van der Waals surface area (Å²) in [5, 5.41) is 24.0. The van der Waals surface area contributed by atoms with E-state index in [-0.39, 0.29) is 59.3 Å². The smallest absolute Gasteiger partial charge is 1.00 e. The molecule has 50 valence electrons. The summed E-state index contributed by atoms with van der Waals surface area (Å²) in [6.45, 7) is -0.729. The van der Waals surface area contributed by atoms with E-state index < -0.39 is 6.10 Å². The van der Waals surface area contributed by atoms with E-state index in [4.69, 9.17) is 15.3 Å². The average molecular weight is 152 g/mol. The first-order valence-electron chi connectivity index (χ1n) is 1.71. The molecule has 0 aromatic rings. The molecule has 0 radical (unpaired) electrons. The van der Waals surface area contributed by atoms with Crippen LogP contribution in [0.1, 0.15) is 2.85 Å². The van der Waals surface area contributed by atoms with E-state index in [9.17, 15) is 0 Å². The topological polar surface area (TPSA) is 92.2 Å². The van der Waals surface area contributed by atoms with Gasteiger partial charge in [-0.05, 0) is 0 Å². The van der Waals surface area contributed by atoms with Gasteiger partial charge in [-0.1, -0.05) is 0 Å². The average Bonchev–Trinajstić information content (AvgIpc) is 1.65. The van der Waals surface area contributed by atoms with E-state index in [1.807, 2.05) is 0 Å². The maximum atomic E-state index is 8.17. The Kier molecular flexibility index (Phi) is 22.0. The van der Waals surface area contributed by atoms with E-state index in [2.05, 4.69) is 0 Å². The minimum absolute atomic E-state index is 0. The predicted molar refractivity (Wildman–Crippen MR) is 31.8 cm³/mol. The van der Waals surface area contributed by atoms with Crippen molar-refractivity contribution in [1.82, 2.24) is 0 Å². The van der Waals surface area contributed by atoms with Crippen molar-refractivity contribution in [2.45, 2.75) is 6.10 Å². The van der Waals surface area contributed by atoms with Crippen LogP contribution in [0.5, 0.6) is 0 Å². The van der Waals surface area contributed by atoms with Gasteiger partial charge < -0.3 is 23.6 Å². The monoisotopic (exact) mass is 152 g/mol. The van der Waals surface area contributed by atoms with Crippen LogP contribution in [0, 0.1) is 0 Å². The third-order valence-corrected chi connectivity index (χ3v) is 0.421. The van der Waals surface area contributed by atoms with Gasteiger partial charge in [0.1, 0.15) is 6.10 Å². The van der Waals surface area contributed by atoms with Crippen molar-refractivity contribution in [3.8, 4) is 0 Å². The Labute approximate surface area is 80.4 Å². The van der Waals surface area contributed by atoms with Crippen LogP contribution in [-0.4, -0.2) is 77.9 Å². The maximum Gasteiger partial charge on any atom is 2.00 e. The van der Waals surface area contributed by atoms with E-state index in [1.165, 1.54) is 0 Å². The Morgan fingerprint density at radius 3 is 1.50 bits per heavy atom. The summed E-state index contributed by atoms with van der Waals surface area (Å²) in [5.41, 5.74) is 0. The van der Waals surface area contributed by atoms with Gasteiger partial charge in [-0.2, -0.15) is 0 Å². The Hall–Kier alpha value is 1.10. The van der Waals surface area contributed by atoms with Crippen LogP contribution in [0.25, 0.3) is 0 Å². The molecule has 0 aliphatic rings. The second-order valence-electron chi connectivity index (χ2n) is 1.02. The third kappa shape index (κ3) is 10.2. The molecule has 8 heavy (non-hydrogen) atoms. The fourth-order valence-electron chi connectivity index (χ4n) is 0.0577. The molecule has 0 saturated heterocycles. The standard InChI is InChI=1S/C3H8O3.Ca.H2O.2H/c4-1-3(6)2-5;;;;/h3-6H,1-2H2;;1H2;;/q;+2;;2*-1. The molecular formula is C3H12CaO4. The molecule has 5 N–H and O–H groups in total. The van der Waals surface area contributed by atoms with Crippen LogP contribution < -0.4 is 0 Å². The van der Waals surface area contributed by atoms with Gasteiger partial charge in [-0.3, -0.25) is 0 Å². The van der Waals surface area contributed by atoms with Crippen molar-refractivity contribution in [2.75, 3.05) is 13.2 Å². The normalized spacial score (nSPS) is 7.50. The zero-order valence-corrected chi connectivity index (χ0v) is 6.75. The van der Waals surface area contributed by atoms with Crippen molar-refractivity contribution in [1.29, 1.82) is 0 Å². The summed E-state index contributed by atoms with van der Waals surface area (Å²) in [5.74, 6) is 0. The largest absolute Gasteiger partial charge is 2.00 e. The van der Waals surface area contributed by atoms with Crippen LogP contribution in [-0.2, 0) is 0 Å². The van der Waals surface area contributed by atoms with E-state index >= 15 is 0 Å². The Morgan fingerprint density at radius 1 is 1.25 bits per heavy atom. The van der Waals surface area contributed by atoms with Gasteiger partial charge in [0.05, 0.1) is 13.2 Å². The summed E-state index contributed by atoms with van der Waals surface area (Å²) in [6.07, 6.45) is -0.954. The second kappa shape index (κ2) is 11.0. The molecule has 0 unspecified atom stereocenters. The van der Waals surface area contributed by atoms with Crippen LogP contribution >= 0.6 is 0 Å². The number of aliphatic hydroxyl groups is 3. The summed E-state index contributed by atoms with van der Waals surface area (Å²) in [6, 6.07) is 0. The van der Waals surface area contributed by atoms with E-state index in [1.54, 1.807) is 0 Å². The van der Waals surface area contributed by atoms with Gasteiger partial charge in [-0.25, -0.2) is 0 Å². The molecule has 0 aromatic carbocycles. The summed E-state index contributed by atoms with van der Waals surface area (Å²) in [4.78, 5) is 0. The molecular weight excluding hydrogens is 140 g/mol. The summed E-state index contributed by atoms with van der Waals surface area (Å²) < 4.78 is 0. The number of hydrogen-bond donors (Lipinski definition) is 3. The Morgan fingerprint density at radius 2 is 1.50 bits per heavy atom. The molecule has 0 fully saturated rings. The zero-order valence-electron chi connectivity index (χ0n) is 6.54. The van der Waals surface area contributed by atoms with Gasteiger partial charge in [0.25, 0.3) is 0 Å². The van der Waals surface area contributed by atoms with Gasteiger partial charge in [0.15, 0.2) is 0 Å². The van der Waals surface area contributed by atoms with Crippen molar-refractivity contribution >= 4 is 37.7 Å². The van der Waals surface area contributed by atoms with Crippen LogP contribution in [0.2, 0.25) is 0 Å². The molecule has 0 aliphatic carbocycles. The molecule has 0 atom stereocenters. The van der Waals surface area contributed by atoms with Crippen molar-refractivity contribution < 1.29 is 23.6 Å². The molecule has 0 heterocycles. The fourth-order valence-corrected chi connectivity index (χ4v) is 0.0577. The molecule has 0 bridgehead atoms. The van der Waals surface area contributed by atoms with Gasteiger partial charge >= 0.3 is 37.7 Å². The Bertz CT molecular complexity index is 37.7. The molecule has 0 spiro atoms. The quantitative estimate of drug-likeness (QED) is 0.377. The SMILES string of the molecule is O.OCC(O)CO.[Ca+2].[H-].[H-]. The number of aliphatic hydroxyl groups excluding tert-OH is 3. The maximum absolute atomic E-state index is 8.17. The number of hydrogen-bond acceptors (Lipinski definition) is 3. The van der Waals surface area contributed by atoms with Gasteiger partial charge in [0, 0.05) is 0 Å². The molecule has 5 heteroatoms. The summed E-state index contributed by atoms with van der Waals surface area (Å²) in [7, 11) is 0. The molecule has 0 amide bonds. The Balaban J connectivity index is -0.0000000208. The second-order valence-corrected chi connectivity index (χ2v) is 1.02. The fraction of sp³-hybridized carbons (Fsp3) is 1.00. The van der Waals surface area contributed by atoms with E-state index in [0.717, 1.165) is 0 Å². The van der Waals surface area contributed by atoms with Gasteiger partial charge in [0.2, 0.25) is 0 Å². The molecule has 0 aliphatic heterocycles. The minimum Gasteiger partial charge on any atom is -1.00 e. The first-order chi connectivity index (χ1) is 2.81. The first kappa shape index (κ1) is 16.0. The molecule has 0 aromatic heterocycles. The third-order valence-electron chi connectivity index (χ3n) is 0.421. The molecule has 4 nitrogen and oxygen atoms in total. The zero-order chi connectivity index (χ0) is 4.99. The summed E-state index contributed by atoms with van der Waals surface area (Å²) >= 11 is 0. The first-order valence-corrected chi connectivity index (χ1v) is 1.71.